The zero-order valence-electron chi connectivity index (χ0n) is 18.7. The second kappa shape index (κ2) is 10.5. The van der Waals surface area contributed by atoms with Crippen molar-refractivity contribution in [3.8, 4) is 34.3 Å². The van der Waals surface area contributed by atoms with Gasteiger partial charge in [0.2, 0.25) is 10.6 Å². The summed E-state index contributed by atoms with van der Waals surface area (Å²) in [6, 6.07) is 18.4. The van der Waals surface area contributed by atoms with Crippen molar-refractivity contribution in [2.75, 3.05) is 21.3 Å². The van der Waals surface area contributed by atoms with E-state index in [1.165, 1.54) is 25.6 Å². The molecule has 3 aromatic carbocycles. The van der Waals surface area contributed by atoms with E-state index in [1.54, 1.807) is 30.1 Å². The Morgan fingerprint density at radius 3 is 2.15 bits per heavy atom. The molecule has 4 aromatic rings. The summed E-state index contributed by atoms with van der Waals surface area (Å²) in [5.41, 5.74) is 3.24. The van der Waals surface area contributed by atoms with E-state index in [0.717, 1.165) is 22.7 Å². The Hall–Kier alpha value is -3.75. The van der Waals surface area contributed by atoms with E-state index in [0.29, 0.717) is 15.4 Å². The molecule has 0 fully saturated rings. The SMILES string of the molecule is COc1ccc(N=c2scc(-c3ccc(Cl)cc3)n2N=Cc2cc(OC)c(O)c(OC)c2)cc1. The number of halogens is 1. The number of rotatable bonds is 7. The van der Waals surface area contributed by atoms with Crippen LogP contribution in [0.4, 0.5) is 5.69 Å². The standard InChI is InChI=1S/C25H22ClN3O4S/c1-31-20-10-8-19(9-11-20)28-25-29(21(15-34-25)17-4-6-18(26)7-5-17)27-14-16-12-22(32-2)24(30)23(13-16)33-3/h4-15,30H,1-3H3. The third-order valence-electron chi connectivity index (χ3n) is 4.95. The van der Waals surface area contributed by atoms with E-state index in [9.17, 15) is 5.11 Å². The molecule has 0 radical (unpaired) electrons. The number of hydrogen-bond acceptors (Lipinski definition) is 7. The van der Waals surface area contributed by atoms with Crippen LogP contribution in [0.5, 0.6) is 23.0 Å². The van der Waals surface area contributed by atoms with Crippen LogP contribution in [-0.2, 0) is 0 Å². The summed E-state index contributed by atoms with van der Waals surface area (Å²) in [6.07, 6.45) is 1.66. The maximum Gasteiger partial charge on any atom is 0.211 e. The predicted molar refractivity (Wildman–Crippen MR) is 135 cm³/mol. The van der Waals surface area contributed by atoms with Crippen molar-refractivity contribution in [3.05, 3.63) is 81.4 Å². The van der Waals surface area contributed by atoms with Crippen LogP contribution in [0, 0.1) is 0 Å². The Morgan fingerprint density at radius 2 is 1.56 bits per heavy atom. The van der Waals surface area contributed by atoms with E-state index in [1.807, 2.05) is 53.9 Å². The number of hydrogen-bond donors (Lipinski definition) is 1. The fourth-order valence-electron chi connectivity index (χ4n) is 3.19. The smallest absolute Gasteiger partial charge is 0.211 e. The Kier molecular flexibility index (Phi) is 7.20. The molecule has 0 saturated carbocycles. The lowest BCUT2D eigenvalue weighted by Gasteiger charge is -2.09. The molecule has 0 aliphatic carbocycles. The lowest BCUT2D eigenvalue weighted by molar-refractivity contribution is 0.340. The second-order valence-electron chi connectivity index (χ2n) is 7.05. The number of aromatic nitrogens is 1. The molecule has 1 aromatic heterocycles. The fourth-order valence-corrected chi connectivity index (χ4v) is 4.17. The second-order valence-corrected chi connectivity index (χ2v) is 8.32. The summed E-state index contributed by atoms with van der Waals surface area (Å²) < 4.78 is 17.5. The maximum absolute atomic E-state index is 10.2. The average Bonchev–Trinajstić information content (AvgIpc) is 3.26. The summed E-state index contributed by atoms with van der Waals surface area (Å²) in [5.74, 6) is 1.27. The predicted octanol–water partition coefficient (Wildman–Crippen LogP) is 5.72. The molecular formula is C25H22ClN3O4S. The lowest BCUT2D eigenvalue weighted by Crippen LogP contribution is -2.11. The van der Waals surface area contributed by atoms with E-state index in [2.05, 4.69) is 0 Å². The minimum atomic E-state index is -0.0672. The molecule has 4 rings (SSSR count). The number of nitrogens with zero attached hydrogens (tertiary/aromatic N) is 3. The number of aromatic hydroxyl groups is 1. The van der Waals surface area contributed by atoms with Gasteiger partial charge in [-0.3, -0.25) is 0 Å². The molecule has 7 nitrogen and oxygen atoms in total. The molecule has 9 heteroatoms. The minimum absolute atomic E-state index is 0.0672. The molecule has 0 unspecified atom stereocenters. The highest BCUT2D eigenvalue weighted by Crippen LogP contribution is 2.36. The van der Waals surface area contributed by atoms with Gasteiger partial charge in [0.25, 0.3) is 0 Å². The lowest BCUT2D eigenvalue weighted by atomic mass is 10.2. The van der Waals surface area contributed by atoms with Crippen LogP contribution in [0.15, 0.2) is 76.1 Å². The van der Waals surface area contributed by atoms with Gasteiger partial charge in [-0.2, -0.15) is 5.10 Å². The fraction of sp³-hybridized carbons (Fsp3) is 0.120. The molecule has 0 bridgehead atoms. The topological polar surface area (TPSA) is 77.6 Å². The first kappa shape index (κ1) is 23.4. The van der Waals surface area contributed by atoms with Gasteiger partial charge in [-0.1, -0.05) is 23.7 Å². The van der Waals surface area contributed by atoms with E-state index in [-0.39, 0.29) is 17.2 Å². The number of phenolic OH excluding ortho intramolecular Hbond substituents is 1. The van der Waals surface area contributed by atoms with Gasteiger partial charge >= 0.3 is 0 Å². The van der Waals surface area contributed by atoms with Crippen molar-refractivity contribution in [1.82, 2.24) is 4.68 Å². The van der Waals surface area contributed by atoms with Crippen LogP contribution in [0.3, 0.4) is 0 Å². The Balaban J connectivity index is 1.82. The number of thiazole rings is 1. The summed E-state index contributed by atoms with van der Waals surface area (Å²) in [7, 11) is 4.58. The van der Waals surface area contributed by atoms with Crippen LogP contribution in [-0.4, -0.2) is 37.3 Å². The Morgan fingerprint density at radius 1 is 0.912 bits per heavy atom. The van der Waals surface area contributed by atoms with Crippen molar-refractivity contribution in [3.63, 3.8) is 0 Å². The summed E-state index contributed by atoms with van der Waals surface area (Å²) in [6.45, 7) is 0. The average molecular weight is 496 g/mol. The largest absolute Gasteiger partial charge is 0.502 e. The normalized spacial score (nSPS) is 11.7. The molecule has 0 amide bonds. The molecule has 0 spiro atoms. The van der Waals surface area contributed by atoms with Gasteiger partial charge in [-0.15, -0.1) is 11.3 Å². The molecule has 0 atom stereocenters. The van der Waals surface area contributed by atoms with Crippen molar-refractivity contribution in [2.24, 2.45) is 10.1 Å². The third kappa shape index (κ3) is 5.08. The van der Waals surface area contributed by atoms with Gasteiger partial charge < -0.3 is 19.3 Å². The highest BCUT2D eigenvalue weighted by molar-refractivity contribution is 7.07. The number of phenols is 1. The zero-order chi connectivity index (χ0) is 24.1. The minimum Gasteiger partial charge on any atom is -0.502 e. The van der Waals surface area contributed by atoms with E-state index < -0.39 is 0 Å². The van der Waals surface area contributed by atoms with Crippen LogP contribution < -0.4 is 19.0 Å². The van der Waals surface area contributed by atoms with Gasteiger partial charge in [0, 0.05) is 21.5 Å². The Labute approximate surface area is 205 Å². The first-order valence-corrected chi connectivity index (χ1v) is 11.4. The van der Waals surface area contributed by atoms with Gasteiger partial charge in [-0.25, -0.2) is 9.67 Å². The molecule has 34 heavy (non-hydrogen) atoms. The van der Waals surface area contributed by atoms with E-state index >= 15 is 0 Å². The van der Waals surface area contributed by atoms with Crippen molar-refractivity contribution >= 4 is 34.8 Å². The molecule has 1 heterocycles. The summed E-state index contributed by atoms with van der Waals surface area (Å²) in [5, 5.41) is 17.5. The van der Waals surface area contributed by atoms with Crippen molar-refractivity contribution in [2.45, 2.75) is 0 Å². The van der Waals surface area contributed by atoms with E-state index in [4.69, 9.17) is 35.9 Å². The molecule has 0 aliphatic rings. The monoisotopic (exact) mass is 495 g/mol. The maximum atomic E-state index is 10.2. The highest BCUT2D eigenvalue weighted by atomic mass is 35.5. The number of benzene rings is 3. The summed E-state index contributed by atoms with van der Waals surface area (Å²) in [4.78, 5) is 5.44. The van der Waals surface area contributed by atoms with Gasteiger partial charge in [0.05, 0.1) is 38.9 Å². The van der Waals surface area contributed by atoms with Crippen LogP contribution in [0.2, 0.25) is 5.02 Å². The van der Waals surface area contributed by atoms with Crippen molar-refractivity contribution in [1.29, 1.82) is 0 Å². The van der Waals surface area contributed by atoms with Gasteiger partial charge in [0.1, 0.15) is 5.75 Å². The third-order valence-corrected chi connectivity index (χ3v) is 6.02. The molecular weight excluding hydrogens is 474 g/mol. The molecule has 1 N–H and O–H groups in total. The first-order chi connectivity index (χ1) is 16.5. The Bertz CT molecular complexity index is 1350. The van der Waals surface area contributed by atoms with Gasteiger partial charge in [-0.05, 0) is 48.5 Å². The van der Waals surface area contributed by atoms with Crippen LogP contribution in [0.25, 0.3) is 11.3 Å². The number of methoxy groups -OCH3 is 3. The molecule has 0 aliphatic heterocycles. The molecule has 0 saturated heterocycles. The van der Waals surface area contributed by atoms with Crippen LogP contribution >= 0.6 is 22.9 Å². The van der Waals surface area contributed by atoms with Crippen molar-refractivity contribution < 1.29 is 19.3 Å². The highest BCUT2D eigenvalue weighted by Gasteiger charge is 2.11. The quantitative estimate of drug-likeness (QED) is 0.333. The number of ether oxygens (including phenoxy) is 3. The van der Waals surface area contributed by atoms with Gasteiger partial charge in [0.15, 0.2) is 11.5 Å². The first-order valence-electron chi connectivity index (χ1n) is 10.2. The zero-order valence-corrected chi connectivity index (χ0v) is 20.3. The molecule has 174 valence electrons. The van der Waals surface area contributed by atoms with Crippen LogP contribution in [0.1, 0.15) is 5.56 Å². The summed E-state index contributed by atoms with van der Waals surface area (Å²) >= 11 is 7.54.